The minimum Gasteiger partial charge on any atom is -0.344 e. The van der Waals surface area contributed by atoms with E-state index in [9.17, 15) is 30.4 Å². The lowest BCUT2D eigenvalue weighted by Gasteiger charge is -1.96. The van der Waals surface area contributed by atoms with Crippen LogP contribution in [0.3, 0.4) is 0 Å². The molecule has 34 heavy (non-hydrogen) atoms. The molecule has 0 amide bonds. The van der Waals surface area contributed by atoms with Crippen LogP contribution in [-0.4, -0.2) is 13.0 Å². The van der Waals surface area contributed by atoms with Crippen LogP contribution in [-0.2, 0) is 10.1 Å². The third-order valence-corrected chi connectivity index (χ3v) is 3.81. The van der Waals surface area contributed by atoms with Gasteiger partial charge in [-0.3, -0.25) is 4.55 Å². The molecule has 0 aromatic heterocycles. The fourth-order valence-corrected chi connectivity index (χ4v) is 2.19. The smallest absolute Gasteiger partial charge is 0.287 e. The van der Waals surface area contributed by atoms with Crippen LogP contribution < -0.4 is 6.15 Å². The van der Waals surface area contributed by atoms with Crippen molar-refractivity contribution in [3.8, 4) is 0 Å². The molecule has 0 spiro atoms. The summed E-state index contributed by atoms with van der Waals surface area (Å²) in [6.45, 7) is 9.63. The molecule has 0 aliphatic heterocycles. The monoisotopic (exact) mass is 501 g/mol. The minimum absolute atomic E-state index is 0. The van der Waals surface area contributed by atoms with Crippen LogP contribution >= 0.6 is 0 Å². The maximum absolute atomic E-state index is 12.0. The molecule has 0 fully saturated rings. The van der Waals surface area contributed by atoms with Crippen molar-refractivity contribution in [1.29, 1.82) is 0 Å². The minimum atomic E-state index is -4.00. The summed E-state index contributed by atoms with van der Waals surface area (Å²) in [6.07, 6.45) is 3.16. The highest BCUT2D eigenvalue weighted by Gasteiger charge is 2.18. The Labute approximate surface area is 195 Å². The lowest BCUT2D eigenvalue weighted by atomic mass is 10.2. The van der Waals surface area contributed by atoms with Crippen LogP contribution in [0.5, 0.6) is 0 Å². The molecule has 0 aliphatic carbocycles. The molecule has 0 heterocycles. The summed E-state index contributed by atoms with van der Waals surface area (Å²) in [7, 11) is -4.00. The average Bonchev–Trinajstić information content (AvgIpc) is 2.83. The maximum Gasteiger partial charge on any atom is 0.287 e. The zero-order valence-corrected chi connectivity index (χ0v) is 18.8. The molecule has 4 N–H and O–H groups in total. The number of rotatable bonds is 3. The van der Waals surface area contributed by atoms with E-state index in [4.69, 9.17) is 4.55 Å². The maximum atomic E-state index is 12.0. The van der Waals surface area contributed by atoms with E-state index in [1.54, 1.807) is 24.3 Å². The molecule has 3 rings (SSSR count). The molecule has 0 radical (unpaired) electrons. The summed E-state index contributed by atoms with van der Waals surface area (Å²) >= 11 is 0. The predicted molar refractivity (Wildman–Crippen MR) is 126 cm³/mol. The second kappa shape index (κ2) is 17.0. The predicted octanol–water partition coefficient (Wildman–Crippen LogP) is 7.22. The van der Waals surface area contributed by atoms with E-state index in [-0.39, 0.29) is 12.2 Å². The standard InChI is InChI=1S/C8H8O3S.C8H8.C6HF5.C2H4.H3N/c9-12(10,11)7-6-8-4-2-1-3-5-8;1-2-8-6-4-3-5-7-8;7-2-1-3(8)5(10)6(11)4(2)9;1-2;/h1-7H,(H,9,10,11);2-7H,1H2;1H;1-2H2;1H3. The van der Waals surface area contributed by atoms with Crippen LogP contribution in [0.25, 0.3) is 12.2 Å². The normalized spacial score (nSPS) is 9.71. The quantitative estimate of drug-likeness (QED) is 0.130. The Balaban J connectivity index is 0. The molecule has 0 saturated heterocycles. The van der Waals surface area contributed by atoms with Crippen molar-refractivity contribution in [1.82, 2.24) is 6.15 Å². The van der Waals surface area contributed by atoms with E-state index < -0.39 is 39.2 Å². The average molecular weight is 502 g/mol. The van der Waals surface area contributed by atoms with Crippen LogP contribution in [0.4, 0.5) is 22.0 Å². The van der Waals surface area contributed by atoms with Gasteiger partial charge in [0.25, 0.3) is 10.1 Å². The molecule has 0 atom stereocenters. The van der Waals surface area contributed by atoms with Crippen LogP contribution in [0.1, 0.15) is 11.1 Å². The third-order valence-electron chi connectivity index (χ3n) is 3.33. The van der Waals surface area contributed by atoms with Gasteiger partial charge in [0.15, 0.2) is 23.3 Å². The Morgan fingerprint density at radius 1 is 0.706 bits per heavy atom. The lowest BCUT2D eigenvalue weighted by molar-refractivity contribution is 0.378. The largest absolute Gasteiger partial charge is 0.344 e. The van der Waals surface area contributed by atoms with Crippen molar-refractivity contribution in [2.75, 3.05) is 0 Å². The molecule has 3 aromatic rings. The summed E-state index contributed by atoms with van der Waals surface area (Å²) in [5.41, 5.74) is 1.91. The number of benzene rings is 3. The first-order valence-electron chi connectivity index (χ1n) is 8.91. The Bertz CT molecular complexity index is 1110. The summed E-state index contributed by atoms with van der Waals surface area (Å²) in [5.74, 6) is -9.65. The van der Waals surface area contributed by atoms with Gasteiger partial charge < -0.3 is 6.15 Å². The molecule has 0 aliphatic rings. The van der Waals surface area contributed by atoms with Crippen LogP contribution in [0, 0.1) is 29.1 Å². The van der Waals surface area contributed by atoms with Crippen molar-refractivity contribution in [3.63, 3.8) is 0 Å². The zero-order valence-electron chi connectivity index (χ0n) is 18.0. The van der Waals surface area contributed by atoms with E-state index in [1.165, 1.54) is 11.6 Å². The third kappa shape index (κ3) is 13.1. The van der Waals surface area contributed by atoms with E-state index in [0.29, 0.717) is 0 Å². The molecular weight excluding hydrogens is 477 g/mol. The second-order valence-electron chi connectivity index (χ2n) is 5.63. The van der Waals surface area contributed by atoms with Gasteiger partial charge in [0.2, 0.25) is 5.82 Å². The van der Waals surface area contributed by atoms with Gasteiger partial charge in [0.05, 0.1) is 5.41 Å². The summed E-state index contributed by atoms with van der Waals surface area (Å²) in [5, 5.41) is 0.752. The fraction of sp³-hybridized carbons (Fsp3) is 0. The number of hydrogen-bond acceptors (Lipinski definition) is 3. The molecule has 0 bridgehead atoms. The highest BCUT2D eigenvalue weighted by atomic mass is 32.2. The Kier molecular flexibility index (Phi) is 16.2. The Morgan fingerprint density at radius 2 is 1.09 bits per heavy atom. The molecule has 184 valence electrons. The van der Waals surface area contributed by atoms with Gasteiger partial charge in [-0.05, 0) is 17.2 Å². The van der Waals surface area contributed by atoms with Gasteiger partial charge in [-0.1, -0.05) is 73.3 Å². The van der Waals surface area contributed by atoms with Gasteiger partial charge in [-0.25, -0.2) is 22.0 Å². The van der Waals surface area contributed by atoms with Crippen molar-refractivity contribution in [2.45, 2.75) is 0 Å². The van der Waals surface area contributed by atoms with E-state index in [2.05, 4.69) is 19.7 Å². The molecular formula is C24H24F5NO3S. The molecule has 10 heteroatoms. The van der Waals surface area contributed by atoms with Gasteiger partial charge in [0.1, 0.15) is 0 Å². The molecule has 0 saturated carbocycles. The highest BCUT2D eigenvalue weighted by molar-refractivity contribution is 7.88. The molecule has 3 aromatic carbocycles. The Morgan fingerprint density at radius 3 is 1.41 bits per heavy atom. The summed E-state index contributed by atoms with van der Waals surface area (Å²) < 4.78 is 89.0. The highest BCUT2D eigenvalue weighted by Crippen LogP contribution is 2.16. The van der Waals surface area contributed by atoms with Crippen molar-refractivity contribution in [3.05, 3.63) is 132 Å². The molecule has 4 nitrogen and oxygen atoms in total. The van der Waals surface area contributed by atoms with Crippen molar-refractivity contribution >= 4 is 22.3 Å². The fourth-order valence-electron chi connectivity index (χ4n) is 1.86. The number of hydrogen-bond donors (Lipinski definition) is 2. The summed E-state index contributed by atoms with van der Waals surface area (Å²) in [4.78, 5) is 0. The van der Waals surface area contributed by atoms with Crippen molar-refractivity contribution < 1.29 is 34.9 Å². The van der Waals surface area contributed by atoms with Crippen LogP contribution in [0.15, 0.2) is 91.9 Å². The van der Waals surface area contributed by atoms with E-state index in [1.807, 2.05) is 42.5 Å². The number of halogens is 5. The van der Waals surface area contributed by atoms with E-state index in [0.717, 1.165) is 11.0 Å². The van der Waals surface area contributed by atoms with Gasteiger partial charge >= 0.3 is 0 Å². The second-order valence-corrected chi connectivity index (χ2v) is 6.93. The van der Waals surface area contributed by atoms with Crippen LogP contribution in [0.2, 0.25) is 0 Å². The first-order valence-corrected chi connectivity index (χ1v) is 10.4. The first-order chi connectivity index (χ1) is 15.5. The SMILES string of the molecule is C=C.C=Cc1ccccc1.Fc1cc(F)c(F)c(F)c1F.N.O=S(=O)(O)C=Cc1ccccc1. The van der Waals surface area contributed by atoms with Gasteiger partial charge in [-0.15, -0.1) is 13.2 Å². The van der Waals surface area contributed by atoms with E-state index >= 15 is 0 Å². The summed E-state index contributed by atoms with van der Waals surface area (Å²) in [6, 6.07) is 18.8. The first kappa shape index (κ1) is 32.6. The van der Waals surface area contributed by atoms with Gasteiger partial charge in [0, 0.05) is 6.07 Å². The lowest BCUT2D eigenvalue weighted by Crippen LogP contribution is -1.98. The Hall–Kier alpha value is -3.60. The topological polar surface area (TPSA) is 89.4 Å². The zero-order chi connectivity index (χ0) is 25.4. The van der Waals surface area contributed by atoms with Gasteiger partial charge in [-0.2, -0.15) is 8.42 Å². The molecule has 0 unspecified atom stereocenters. The van der Waals surface area contributed by atoms with Crippen molar-refractivity contribution in [2.24, 2.45) is 0 Å².